The first kappa shape index (κ1) is 13.2. The number of hydrogen-bond donors (Lipinski definition) is 2. The van der Waals surface area contributed by atoms with Crippen LogP contribution in [0.3, 0.4) is 0 Å². The molecule has 0 unspecified atom stereocenters. The maximum atomic E-state index is 7.53. The SMILES string of the molecule is N=C(N)c1c(Cl)cccc1OCCC1CCCC1. The lowest BCUT2D eigenvalue weighted by Gasteiger charge is -2.13. The van der Waals surface area contributed by atoms with E-state index < -0.39 is 0 Å². The Balaban J connectivity index is 1.96. The summed E-state index contributed by atoms with van der Waals surface area (Å²) in [6.07, 6.45) is 6.40. The average Bonchev–Trinajstić information content (AvgIpc) is 2.81. The lowest BCUT2D eigenvalue weighted by molar-refractivity contribution is 0.279. The van der Waals surface area contributed by atoms with Crippen LogP contribution in [0.25, 0.3) is 0 Å². The number of rotatable bonds is 5. The van der Waals surface area contributed by atoms with Gasteiger partial charge in [-0.05, 0) is 24.5 Å². The van der Waals surface area contributed by atoms with Crippen LogP contribution in [0.15, 0.2) is 18.2 Å². The molecular formula is C14H19ClN2O. The van der Waals surface area contributed by atoms with Gasteiger partial charge >= 0.3 is 0 Å². The molecule has 1 aliphatic carbocycles. The maximum absolute atomic E-state index is 7.53. The number of halogens is 1. The van der Waals surface area contributed by atoms with Crippen LogP contribution in [0.5, 0.6) is 5.75 Å². The monoisotopic (exact) mass is 266 g/mol. The molecule has 3 nitrogen and oxygen atoms in total. The smallest absolute Gasteiger partial charge is 0.131 e. The zero-order valence-electron chi connectivity index (χ0n) is 10.4. The molecule has 1 aliphatic rings. The van der Waals surface area contributed by atoms with E-state index in [1.165, 1.54) is 25.7 Å². The molecule has 0 bridgehead atoms. The lowest BCUT2D eigenvalue weighted by atomic mass is 10.1. The van der Waals surface area contributed by atoms with E-state index in [2.05, 4.69) is 0 Å². The van der Waals surface area contributed by atoms with Crippen molar-refractivity contribution in [3.05, 3.63) is 28.8 Å². The van der Waals surface area contributed by atoms with Crippen molar-refractivity contribution < 1.29 is 4.74 Å². The third kappa shape index (κ3) is 3.16. The van der Waals surface area contributed by atoms with Crippen LogP contribution in [-0.2, 0) is 0 Å². The van der Waals surface area contributed by atoms with Crippen molar-refractivity contribution in [1.82, 2.24) is 0 Å². The van der Waals surface area contributed by atoms with E-state index in [0.717, 1.165) is 12.3 Å². The molecule has 0 amide bonds. The molecule has 3 N–H and O–H groups in total. The van der Waals surface area contributed by atoms with Gasteiger partial charge in [0.05, 0.1) is 17.2 Å². The van der Waals surface area contributed by atoms with E-state index >= 15 is 0 Å². The van der Waals surface area contributed by atoms with Gasteiger partial charge in [0, 0.05) is 0 Å². The van der Waals surface area contributed by atoms with Crippen molar-refractivity contribution in [2.75, 3.05) is 6.61 Å². The fraction of sp³-hybridized carbons (Fsp3) is 0.500. The molecule has 4 heteroatoms. The first-order chi connectivity index (χ1) is 8.68. The van der Waals surface area contributed by atoms with Crippen molar-refractivity contribution in [2.45, 2.75) is 32.1 Å². The van der Waals surface area contributed by atoms with E-state index in [9.17, 15) is 0 Å². The van der Waals surface area contributed by atoms with E-state index in [1.807, 2.05) is 12.1 Å². The highest BCUT2D eigenvalue weighted by Gasteiger charge is 2.16. The number of nitrogen functional groups attached to an aromatic ring is 1. The fourth-order valence-electron chi connectivity index (χ4n) is 2.52. The van der Waals surface area contributed by atoms with Crippen LogP contribution in [0.4, 0.5) is 0 Å². The van der Waals surface area contributed by atoms with Crippen LogP contribution in [0.2, 0.25) is 5.02 Å². The standard InChI is InChI=1S/C14H19ClN2O/c15-11-6-3-7-12(13(11)14(16)17)18-9-8-10-4-1-2-5-10/h3,6-7,10H,1-2,4-5,8-9H2,(H3,16,17). The van der Waals surface area contributed by atoms with Gasteiger partial charge in [-0.25, -0.2) is 0 Å². The van der Waals surface area contributed by atoms with Crippen molar-refractivity contribution >= 4 is 17.4 Å². The summed E-state index contributed by atoms with van der Waals surface area (Å²) in [6.45, 7) is 0.672. The van der Waals surface area contributed by atoms with Crippen LogP contribution in [-0.4, -0.2) is 12.4 Å². The van der Waals surface area contributed by atoms with E-state index in [-0.39, 0.29) is 5.84 Å². The maximum Gasteiger partial charge on any atom is 0.131 e. The Morgan fingerprint density at radius 3 is 2.78 bits per heavy atom. The van der Waals surface area contributed by atoms with Crippen LogP contribution >= 0.6 is 11.6 Å². The summed E-state index contributed by atoms with van der Waals surface area (Å²) in [6, 6.07) is 5.36. The summed E-state index contributed by atoms with van der Waals surface area (Å²) in [5.41, 5.74) is 6.03. The summed E-state index contributed by atoms with van der Waals surface area (Å²) in [5.74, 6) is 1.37. The molecule has 0 saturated heterocycles. The zero-order valence-corrected chi connectivity index (χ0v) is 11.2. The highest BCUT2D eigenvalue weighted by atomic mass is 35.5. The highest BCUT2D eigenvalue weighted by Crippen LogP contribution is 2.29. The van der Waals surface area contributed by atoms with Gasteiger partial charge in [-0.3, -0.25) is 5.41 Å². The summed E-state index contributed by atoms with van der Waals surface area (Å²) in [7, 11) is 0. The minimum absolute atomic E-state index is 0.0449. The molecule has 1 saturated carbocycles. The fourth-order valence-corrected chi connectivity index (χ4v) is 2.79. The Morgan fingerprint density at radius 1 is 1.39 bits per heavy atom. The quantitative estimate of drug-likeness (QED) is 0.632. The van der Waals surface area contributed by atoms with Gasteiger partial charge in [-0.1, -0.05) is 43.4 Å². The van der Waals surface area contributed by atoms with Crippen LogP contribution in [0.1, 0.15) is 37.7 Å². The third-order valence-corrected chi connectivity index (χ3v) is 3.82. The number of nitrogens with one attached hydrogen (secondary N) is 1. The molecule has 1 aromatic carbocycles. The molecular weight excluding hydrogens is 248 g/mol. The number of hydrogen-bond acceptors (Lipinski definition) is 2. The van der Waals surface area contributed by atoms with Gasteiger partial charge in [-0.15, -0.1) is 0 Å². The zero-order chi connectivity index (χ0) is 13.0. The van der Waals surface area contributed by atoms with Gasteiger partial charge in [0.25, 0.3) is 0 Å². The van der Waals surface area contributed by atoms with Gasteiger partial charge < -0.3 is 10.5 Å². The Kier molecular flexibility index (Phi) is 4.48. The first-order valence-electron chi connectivity index (χ1n) is 6.44. The van der Waals surface area contributed by atoms with E-state index in [0.29, 0.717) is 22.9 Å². The normalized spacial score (nSPS) is 15.8. The highest BCUT2D eigenvalue weighted by molar-refractivity contribution is 6.34. The van der Waals surface area contributed by atoms with Gasteiger partial charge in [0.2, 0.25) is 0 Å². The number of benzene rings is 1. The van der Waals surface area contributed by atoms with Gasteiger partial charge in [-0.2, -0.15) is 0 Å². The van der Waals surface area contributed by atoms with E-state index in [4.69, 9.17) is 27.5 Å². The molecule has 0 aromatic heterocycles. The van der Waals surface area contributed by atoms with Crippen molar-refractivity contribution in [3.8, 4) is 5.75 Å². The van der Waals surface area contributed by atoms with Crippen molar-refractivity contribution in [1.29, 1.82) is 5.41 Å². The number of nitrogens with two attached hydrogens (primary N) is 1. The topological polar surface area (TPSA) is 59.1 Å². The molecule has 18 heavy (non-hydrogen) atoms. The van der Waals surface area contributed by atoms with Crippen LogP contribution < -0.4 is 10.5 Å². The first-order valence-corrected chi connectivity index (χ1v) is 6.82. The molecule has 0 atom stereocenters. The summed E-state index contributed by atoms with van der Waals surface area (Å²) < 4.78 is 5.74. The molecule has 0 heterocycles. The Morgan fingerprint density at radius 2 is 2.11 bits per heavy atom. The molecule has 0 spiro atoms. The summed E-state index contributed by atoms with van der Waals surface area (Å²) >= 11 is 6.03. The molecule has 2 rings (SSSR count). The van der Waals surface area contributed by atoms with Crippen LogP contribution in [0, 0.1) is 11.3 Å². The largest absolute Gasteiger partial charge is 0.493 e. The Bertz CT molecular complexity index is 428. The lowest BCUT2D eigenvalue weighted by Crippen LogP contribution is -2.14. The summed E-state index contributed by atoms with van der Waals surface area (Å²) in [5, 5.41) is 8.01. The second-order valence-electron chi connectivity index (χ2n) is 4.81. The predicted molar refractivity (Wildman–Crippen MR) is 74.5 cm³/mol. The van der Waals surface area contributed by atoms with Gasteiger partial charge in [0.15, 0.2) is 0 Å². The van der Waals surface area contributed by atoms with Gasteiger partial charge in [0.1, 0.15) is 11.6 Å². The second kappa shape index (κ2) is 6.10. The Labute approximate surface area is 113 Å². The van der Waals surface area contributed by atoms with Crippen molar-refractivity contribution in [3.63, 3.8) is 0 Å². The minimum atomic E-state index is -0.0449. The number of amidine groups is 1. The molecule has 98 valence electrons. The molecule has 0 radical (unpaired) electrons. The molecule has 1 fully saturated rings. The third-order valence-electron chi connectivity index (χ3n) is 3.50. The summed E-state index contributed by atoms with van der Waals surface area (Å²) in [4.78, 5) is 0. The average molecular weight is 267 g/mol. The second-order valence-corrected chi connectivity index (χ2v) is 5.22. The minimum Gasteiger partial charge on any atom is -0.493 e. The number of ether oxygens (including phenoxy) is 1. The molecule has 0 aliphatic heterocycles. The van der Waals surface area contributed by atoms with E-state index in [1.54, 1.807) is 6.07 Å². The predicted octanol–water partition coefficient (Wildman–Crippen LogP) is 3.58. The van der Waals surface area contributed by atoms with Crippen molar-refractivity contribution in [2.24, 2.45) is 11.7 Å². The molecule has 1 aromatic rings. The Hall–Kier alpha value is -1.22.